The average Bonchev–Trinajstić information content (AvgIpc) is 2.94. The molecule has 0 spiro atoms. The first-order valence-electron chi connectivity index (χ1n) is 9.32. The topological polar surface area (TPSA) is 41.3 Å². The Morgan fingerprint density at radius 3 is 2.42 bits per heavy atom. The highest BCUT2D eigenvalue weighted by Gasteiger charge is 2.59. The molecular formula is C21H33N3. The monoisotopic (exact) mass is 327 g/mol. The van der Waals surface area contributed by atoms with E-state index in [1.807, 2.05) is 0 Å². The highest BCUT2D eigenvalue weighted by atomic mass is 15.2. The van der Waals surface area contributed by atoms with E-state index in [2.05, 4.69) is 50.4 Å². The molecule has 0 aromatic carbocycles. The van der Waals surface area contributed by atoms with Crippen molar-refractivity contribution in [2.45, 2.75) is 51.6 Å². The zero-order valence-electron chi connectivity index (χ0n) is 15.4. The summed E-state index contributed by atoms with van der Waals surface area (Å²) in [5, 5.41) is 3.68. The van der Waals surface area contributed by atoms with E-state index in [9.17, 15) is 0 Å². The molecule has 132 valence electrons. The van der Waals surface area contributed by atoms with Crippen LogP contribution in [0.2, 0.25) is 0 Å². The minimum Gasteiger partial charge on any atom is -0.399 e. The Hall–Kier alpha value is -1.64. The van der Waals surface area contributed by atoms with E-state index in [1.165, 1.54) is 19.3 Å². The van der Waals surface area contributed by atoms with Gasteiger partial charge in [-0.05, 0) is 42.6 Å². The zero-order chi connectivity index (χ0) is 17.6. The van der Waals surface area contributed by atoms with Crippen molar-refractivity contribution in [2.75, 3.05) is 6.54 Å². The summed E-state index contributed by atoms with van der Waals surface area (Å²) in [7, 11) is 0. The first-order chi connectivity index (χ1) is 11.3. The van der Waals surface area contributed by atoms with Crippen molar-refractivity contribution < 1.29 is 0 Å². The first-order valence-corrected chi connectivity index (χ1v) is 9.32. The number of piperidine rings is 1. The minimum absolute atomic E-state index is 0.153. The molecule has 3 N–H and O–H groups in total. The van der Waals surface area contributed by atoms with Crippen molar-refractivity contribution in [2.24, 2.45) is 29.4 Å². The Labute approximate surface area is 147 Å². The lowest BCUT2D eigenvalue weighted by Gasteiger charge is -2.36. The number of likely N-dealkylation sites (tertiary alicyclic amines) is 1. The molecule has 3 nitrogen and oxygen atoms in total. The van der Waals surface area contributed by atoms with Crippen molar-refractivity contribution in [1.82, 2.24) is 10.2 Å². The Kier molecular flexibility index (Phi) is 4.54. The Balaban J connectivity index is 1.70. The van der Waals surface area contributed by atoms with Gasteiger partial charge >= 0.3 is 0 Å². The lowest BCUT2D eigenvalue weighted by molar-refractivity contribution is 0.258. The molecule has 24 heavy (non-hydrogen) atoms. The van der Waals surface area contributed by atoms with Crippen LogP contribution < -0.4 is 11.1 Å². The standard InChI is InChI=1S/C21H33N3/c1-12(2)24-11-18-14(4)20(18)21(24)16(6)23-19(13(3)15(5)22)10-17-8-7-9-17/h14,17-21,23H,1,3,5-11,22H2,2,4H3/t14?,18-,19?,20+,21?/m1/s1. The zero-order valence-corrected chi connectivity index (χ0v) is 15.4. The van der Waals surface area contributed by atoms with Crippen LogP contribution in [0.5, 0.6) is 0 Å². The molecule has 3 aliphatic rings. The number of hydrogen-bond acceptors (Lipinski definition) is 3. The summed E-state index contributed by atoms with van der Waals surface area (Å²) in [6, 6.07) is 0.505. The number of allylic oxidation sites excluding steroid dienone is 1. The molecule has 0 amide bonds. The van der Waals surface area contributed by atoms with Gasteiger partial charge in [0.25, 0.3) is 0 Å². The van der Waals surface area contributed by atoms with Gasteiger partial charge < -0.3 is 16.0 Å². The third-order valence-corrected chi connectivity index (χ3v) is 6.58. The summed E-state index contributed by atoms with van der Waals surface area (Å²) in [6.07, 6.45) is 5.06. The third kappa shape index (κ3) is 3.01. The highest BCUT2D eigenvalue weighted by molar-refractivity contribution is 5.31. The van der Waals surface area contributed by atoms with Gasteiger partial charge in [0.2, 0.25) is 0 Å². The van der Waals surface area contributed by atoms with Crippen molar-refractivity contribution in [3.63, 3.8) is 0 Å². The summed E-state index contributed by atoms with van der Waals surface area (Å²) in [5.41, 5.74) is 9.69. The summed E-state index contributed by atoms with van der Waals surface area (Å²) in [5.74, 6) is 3.07. The summed E-state index contributed by atoms with van der Waals surface area (Å²) in [4.78, 5) is 2.42. The maximum absolute atomic E-state index is 5.95. The molecule has 3 fully saturated rings. The molecule has 0 aromatic heterocycles. The molecule has 1 saturated heterocycles. The van der Waals surface area contributed by atoms with Crippen LogP contribution in [0.15, 0.2) is 49.0 Å². The van der Waals surface area contributed by atoms with Crippen LogP contribution >= 0.6 is 0 Å². The largest absolute Gasteiger partial charge is 0.399 e. The number of rotatable bonds is 8. The van der Waals surface area contributed by atoms with Gasteiger partial charge in [-0.1, -0.05) is 52.5 Å². The van der Waals surface area contributed by atoms with Crippen molar-refractivity contribution in [3.05, 3.63) is 49.0 Å². The molecule has 3 rings (SSSR count). The summed E-state index contributed by atoms with van der Waals surface area (Å²) in [6.45, 7) is 22.2. The van der Waals surface area contributed by atoms with E-state index in [-0.39, 0.29) is 6.04 Å². The fourth-order valence-electron chi connectivity index (χ4n) is 4.63. The van der Waals surface area contributed by atoms with Crippen LogP contribution in [0.4, 0.5) is 0 Å². The SMILES string of the molecule is C=C(N)C(=C)C(CC1CCC1)NC(=C)C1[C@H]2C(C)[C@H]2CN1C(=C)C. The van der Waals surface area contributed by atoms with E-state index >= 15 is 0 Å². The van der Waals surface area contributed by atoms with Crippen molar-refractivity contribution in [3.8, 4) is 0 Å². The van der Waals surface area contributed by atoms with Gasteiger partial charge in [0.05, 0.1) is 12.1 Å². The molecule has 0 bridgehead atoms. The molecular weight excluding hydrogens is 294 g/mol. The van der Waals surface area contributed by atoms with E-state index in [0.29, 0.717) is 17.7 Å². The predicted molar refractivity (Wildman–Crippen MR) is 102 cm³/mol. The van der Waals surface area contributed by atoms with Gasteiger partial charge in [-0.3, -0.25) is 0 Å². The second kappa shape index (κ2) is 6.34. The Morgan fingerprint density at radius 2 is 1.92 bits per heavy atom. The molecule has 3 unspecified atom stereocenters. The Morgan fingerprint density at radius 1 is 1.25 bits per heavy atom. The Bertz CT molecular complexity index is 572. The summed E-state index contributed by atoms with van der Waals surface area (Å²) >= 11 is 0. The van der Waals surface area contributed by atoms with Gasteiger partial charge in [0, 0.05) is 23.6 Å². The van der Waals surface area contributed by atoms with Crippen LogP contribution in [-0.4, -0.2) is 23.5 Å². The van der Waals surface area contributed by atoms with E-state index in [0.717, 1.165) is 47.7 Å². The smallest absolute Gasteiger partial charge is 0.0713 e. The second-order valence-electron chi connectivity index (χ2n) is 8.24. The van der Waals surface area contributed by atoms with Crippen LogP contribution in [0.3, 0.4) is 0 Å². The summed E-state index contributed by atoms with van der Waals surface area (Å²) < 4.78 is 0. The molecule has 0 aromatic rings. The molecule has 1 heterocycles. The highest BCUT2D eigenvalue weighted by Crippen LogP contribution is 2.57. The minimum atomic E-state index is 0.153. The molecule has 2 aliphatic carbocycles. The number of nitrogens with two attached hydrogens (primary N) is 1. The van der Waals surface area contributed by atoms with Crippen LogP contribution in [0, 0.1) is 23.7 Å². The molecule has 1 aliphatic heterocycles. The van der Waals surface area contributed by atoms with Gasteiger partial charge in [-0.15, -0.1) is 0 Å². The number of hydrogen-bond donors (Lipinski definition) is 2. The second-order valence-corrected chi connectivity index (χ2v) is 8.24. The fourth-order valence-corrected chi connectivity index (χ4v) is 4.63. The maximum atomic E-state index is 5.95. The fraction of sp³-hybridized carbons (Fsp3) is 0.619. The van der Waals surface area contributed by atoms with E-state index < -0.39 is 0 Å². The van der Waals surface area contributed by atoms with Gasteiger partial charge in [-0.2, -0.15) is 0 Å². The lowest BCUT2D eigenvalue weighted by Crippen LogP contribution is -2.43. The number of fused-ring (bicyclic) bond motifs is 1. The van der Waals surface area contributed by atoms with E-state index in [1.54, 1.807) is 0 Å². The molecule has 5 atom stereocenters. The third-order valence-electron chi connectivity index (χ3n) is 6.58. The van der Waals surface area contributed by atoms with Crippen LogP contribution in [-0.2, 0) is 0 Å². The van der Waals surface area contributed by atoms with Crippen molar-refractivity contribution >= 4 is 0 Å². The average molecular weight is 328 g/mol. The normalized spacial score (nSPS) is 32.5. The van der Waals surface area contributed by atoms with Crippen LogP contribution in [0.1, 0.15) is 39.5 Å². The maximum Gasteiger partial charge on any atom is 0.0713 e. The number of nitrogens with zero attached hydrogens (tertiary/aromatic N) is 1. The molecule has 2 saturated carbocycles. The first kappa shape index (κ1) is 17.2. The van der Waals surface area contributed by atoms with E-state index in [4.69, 9.17) is 5.73 Å². The predicted octanol–water partition coefficient (Wildman–Crippen LogP) is 3.78. The quantitative estimate of drug-likeness (QED) is 0.667. The van der Waals surface area contributed by atoms with Gasteiger partial charge in [0.15, 0.2) is 0 Å². The molecule has 0 radical (unpaired) electrons. The van der Waals surface area contributed by atoms with Gasteiger partial charge in [0.1, 0.15) is 0 Å². The van der Waals surface area contributed by atoms with Gasteiger partial charge in [-0.25, -0.2) is 0 Å². The molecule has 3 heteroatoms. The lowest BCUT2D eigenvalue weighted by atomic mass is 9.79. The van der Waals surface area contributed by atoms with Crippen LogP contribution in [0.25, 0.3) is 0 Å². The number of nitrogens with one attached hydrogen (secondary N) is 1. The van der Waals surface area contributed by atoms with Crippen molar-refractivity contribution in [1.29, 1.82) is 0 Å².